The van der Waals surface area contributed by atoms with Crippen LogP contribution in [0.1, 0.15) is 42.8 Å². The van der Waals surface area contributed by atoms with E-state index >= 15 is 0 Å². The van der Waals surface area contributed by atoms with Crippen LogP contribution >= 0.6 is 0 Å². The van der Waals surface area contributed by atoms with Crippen molar-refractivity contribution in [3.05, 3.63) is 29.3 Å². The third-order valence-electron chi connectivity index (χ3n) is 4.37. The van der Waals surface area contributed by atoms with E-state index in [0.717, 1.165) is 43.1 Å². The average molecular weight is 288 g/mol. The van der Waals surface area contributed by atoms with Crippen LogP contribution in [0.5, 0.6) is 0 Å². The number of hydrogen-bond acceptors (Lipinski definition) is 4. The summed E-state index contributed by atoms with van der Waals surface area (Å²) in [4.78, 5) is 11.7. The molecule has 0 aliphatic carbocycles. The Balaban J connectivity index is 1.76. The average Bonchev–Trinajstić information content (AvgIpc) is 3.03. The molecule has 1 N–H and O–H groups in total. The molecular formula is C16H24N4O. The van der Waals surface area contributed by atoms with Crippen LogP contribution < -0.4 is 0 Å². The van der Waals surface area contributed by atoms with E-state index in [1.165, 1.54) is 18.5 Å². The zero-order valence-corrected chi connectivity index (χ0v) is 12.9. The normalized spacial score (nSPS) is 19.7. The smallest absolute Gasteiger partial charge is 0.234 e. The molecule has 2 aromatic rings. The molecule has 1 aliphatic heterocycles. The monoisotopic (exact) mass is 288 g/mol. The minimum absolute atomic E-state index is 0.293. The highest BCUT2D eigenvalue weighted by Crippen LogP contribution is 2.23. The predicted octanol–water partition coefficient (Wildman–Crippen LogP) is 2.08. The lowest BCUT2D eigenvalue weighted by molar-refractivity contribution is 0.208. The summed E-state index contributed by atoms with van der Waals surface area (Å²) in [5.41, 5.74) is 3.28. The summed E-state index contributed by atoms with van der Waals surface area (Å²) in [7, 11) is 0. The quantitative estimate of drug-likeness (QED) is 0.915. The molecule has 0 bridgehead atoms. The van der Waals surface area contributed by atoms with Crippen molar-refractivity contribution in [3.8, 4) is 0 Å². The van der Waals surface area contributed by atoms with Crippen LogP contribution in [0.25, 0.3) is 5.78 Å². The standard InChI is InChI=1S/C16H24N4O/c1-12-9-13(2)20-11-14(18-16(20)17-12)10-19-7-3-5-15(19)6-4-8-21/h9,11,15,21H,3-8,10H2,1-2H3. The molecule has 3 rings (SSSR count). The number of fused-ring (bicyclic) bond motifs is 1. The Labute approximate surface area is 125 Å². The Morgan fingerprint density at radius 2 is 2.19 bits per heavy atom. The Hall–Kier alpha value is -1.46. The molecule has 114 valence electrons. The Bertz CT molecular complexity index is 622. The van der Waals surface area contributed by atoms with E-state index in [1.54, 1.807) is 0 Å². The van der Waals surface area contributed by atoms with Gasteiger partial charge in [-0.1, -0.05) is 0 Å². The van der Waals surface area contributed by atoms with E-state index < -0.39 is 0 Å². The third kappa shape index (κ3) is 3.09. The van der Waals surface area contributed by atoms with Gasteiger partial charge < -0.3 is 5.11 Å². The second kappa shape index (κ2) is 6.12. The van der Waals surface area contributed by atoms with Crippen molar-refractivity contribution < 1.29 is 5.11 Å². The zero-order chi connectivity index (χ0) is 14.8. The van der Waals surface area contributed by atoms with Crippen molar-refractivity contribution in [1.82, 2.24) is 19.3 Å². The molecule has 0 amide bonds. The predicted molar refractivity (Wildman–Crippen MR) is 82.2 cm³/mol. The molecule has 1 fully saturated rings. The highest BCUT2D eigenvalue weighted by Gasteiger charge is 2.24. The number of nitrogens with zero attached hydrogens (tertiary/aromatic N) is 4. The second-order valence-corrected chi connectivity index (χ2v) is 6.07. The first-order chi connectivity index (χ1) is 10.2. The summed E-state index contributed by atoms with van der Waals surface area (Å²) < 4.78 is 2.07. The molecular weight excluding hydrogens is 264 g/mol. The van der Waals surface area contributed by atoms with Gasteiger partial charge in [-0.05, 0) is 52.1 Å². The molecule has 0 radical (unpaired) electrons. The van der Waals surface area contributed by atoms with Crippen LogP contribution in [0.2, 0.25) is 0 Å². The van der Waals surface area contributed by atoms with Crippen LogP contribution in [-0.2, 0) is 6.54 Å². The number of aliphatic hydroxyl groups excluding tert-OH is 1. The first kappa shape index (κ1) is 14.5. The fraction of sp³-hybridized carbons (Fsp3) is 0.625. The van der Waals surface area contributed by atoms with Gasteiger partial charge >= 0.3 is 0 Å². The van der Waals surface area contributed by atoms with Gasteiger partial charge in [0.2, 0.25) is 5.78 Å². The van der Waals surface area contributed by atoms with Crippen LogP contribution in [0.15, 0.2) is 12.3 Å². The molecule has 5 nitrogen and oxygen atoms in total. The molecule has 5 heteroatoms. The van der Waals surface area contributed by atoms with Gasteiger partial charge in [0.25, 0.3) is 0 Å². The summed E-state index contributed by atoms with van der Waals surface area (Å²) in [6.45, 7) is 6.41. The van der Waals surface area contributed by atoms with Gasteiger partial charge in [-0.25, -0.2) is 9.97 Å². The van der Waals surface area contributed by atoms with E-state index in [2.05, 4.69) is 38.5 Å². The van der Waals surface area contributed by atoms with Gasteiger partial charge in [0.1, 0.15) is 0 Å². The lowest BCUT2D eigenvalue weighted by Crippen LogP contribution is -2.29. The maximum absolute atomic E-state index is 9.01. The number of likely N-dealkylation sites (tertiary alicyclic amines) is 1. The van der Waals surface area contributed by atoms with Crippen molar-refractivity contribution in [2.24, 2.45) is 0 Å². The van der Waals surface area contributed by atoms with Crippen molar-refractivity contribution in [2.45, 2.75) is 52.1 Å². The van der Waals surface area contributed by atoms with Crippen LogP contribution in [0, 0.1) is 13.8 Å². The number of rotatable bonds is 5. The van der Waals surface area contributed by atoms with E-state index in [9.17, 15) is 0 Å². The number of aromatic nitrogens is 3. The van der Waals surface area contributed by atoms with Crippen molar-refractivity contribution in [1.29, 1.82) is 0 Å². The fourth-order valence-corrected chi connectivity index (χ4v) is 3.36. The van der Waals surface area contributed by atoms with E-state index in [0.29, 0.717) is 12.6 Å². The largest absolute Gasteiger partial charge is 0.396 e. The number of aryl methyl sites for hydroxylation is 2. The van der Waals surface area contributed by atoms with Gasteiger partial charge in [-0.2, -0.15) is 0 Å². The van der Waals surface area contributed by atoms with Crippen LogP contribution in [0.3, 0.4) is 0 Å². The number of aliphatic hydroxyl groups is 1. The highest BCUT2D eigenvalue weighted by atomic mass is 16.2. The Kier molecular flexibility index (Phi) is 4.22. The van der Waals surface area contributed by atoms with E-state index in [-0.39, 0.29) is 0 Å². The molecule has 21 heavy (non-hydrogen) atoms. The van der Waals surface area contributed by atoms with Gasteiger partial charge in [-0.3, -0.25) is 9.30 Å². The molecule has 1 saturated heterocycles. The first-order valence-electron chi connectivity index (χ1n) is 7.84. The fourth-order valence-electron chi connectivity index (χ4n) is 3.36. The molecule has 3 heterocycles. The Morgan fingerprint density at radius 1 is 1.33 bits per heavy atom. The molecule has 2 aromatic heterocycles. The number of imidazole rings is 1. The van der Waals surface area contributed by atoms with Gasteiger partial charge in [0.15, 0.2) is 0 Å². The van der Waals surface area contributed by atoms with Gasteiger partial charge in [-0.15, -0.1) is 0 Å². The summed E-state index contributed by atoms with van der Waals surface area (Å²) in [6, 6.07) is 2.68. The topological polar surface area (TPSA) is 53.7 Å². The van der Waals surface area contributed by atoms with Crippen molar-refractivity contribution in [2.75, 3.05) is 13.2 Å². The van der Waals surface area contributed by atoms with E-state index in [4.69, 9.17) is 5.11 Å². The molecule has 1 atom stereocenters. The summed E-state index contributed by atoms with van der Waals surface area (Å²) >= 11 is 0. The van der Waals surface area contributed by atoms with Gasteiger partial charge in [0.05, 0.1) is 5.69 Å². The van der Waals surface area contributed by atoms with Crippen LogP contribution in [-0.4, -0.2) is 43.6 Å². The second-order valence-electron chi connectivity index (χ2n) is 6.07. The Morgan fingerprint density at radius 3 is 3.00 bits per heavy atom. The number of hydrogen-bond donors (Lipinski definition) is 1. The minimum Gasteiger partial charge on any atom is -0.396 e. The molecule has 1 aliphatic rings. The maximum atomic E-state index is 9.01. The minimum atomic E-state index is 0.293. The summed E-state index contributed by atoms with van der Waals surface area (Å²) in [5, 5.41) is 9.01. The first-order valence-corrected chi connectivity index (χ1v) is 7.84. The molecule has 0 spiro atoms. The summed E-state index contributed by atoms with van der Waals surface area (Å²) in [5.74, 6) is 0.800. The lowest BCUT2D eigenvalue weighted by Gasteiger charge is -2.23. The third-order valence-corrected chi connectivity index (χ3v) is 4.37. The van der Waals surface area contributed by atoms with Crippen LogP contribution in [0.4, 0.5) is 0 Å². The molecule has 1 unspecified atom stereocenters. The lowest BCUT2D eigenvalue weighted by atomic mass is 10.1. The highest BCUT2D eigenvalue weighted by molar-refractivity contribution is 5.34. The SMILES string of the molecule is Cc1cc(C)n2cc(CN3CCCC3CCCO)nc2n1. The van der Waals surface area contributed by atoms with E-state index in [1.807, 2.05) is 6.92 Å². The molecule has 0 saturated carbocycles. The molecule has 0 aromatic carbocycles. The zero-order valence-electron chi connectivity index (χ0n) is 12.9. The van der Waals surface area contributed by atoms with Gasteiger partial charge in [0, 0.05) is 36.8 Å². The summed E-state index contributed by atoms with van der Waals surface area (Å²) in [6.07, 6.45) is 6.58. The maximum Gasteiger partial charge on any atom is 0.234 e. The van der Waals surface area contributed by atoms with Crippen molar-refractivity contribution in [3.63, 3.8) is 0 Å². The van der Waals surface area contributed by atoms with Crippen molar-refractivity contribution >= 4 is 5.78 Å².